The van der Waals surface area contributed by atoms with Gasteiger partial charge in [0, 0.05) is 18.0 Å². The first-order valence-electron chi connectivity index (χ1n) is 11.6. The molecule has 34 heavy (non-hydrogen) atoms. The maximum absolute atomic E-state index is 13.0. The molecule has 0 aliphatic heterocycles. The van der Waals surface area contributed by atoms with Gasteiger partial charge in [-0.3, -0.25) is 8.98 Å². The van der Waals surface area contributed by atoms with Crippen LogP contribution in [0.25, 0.3) is 0 Å². The summed E-state index contributed by atoms with van der Waals surface area (Å²) in [5, 5.41) is 3.27. The number of halogens is 1. The molecular formula is C23H33ClN2O6S2. The van der Waals surface area contributed by atoms with E-state index >= 15 is 0 Å². The standard InChI is InChI=1S/C23H33ClN2O6S2/c1-14-6-5-7-18(24)21(14)34(30,31)26-22(2,3)13-19(27)25-20-16-8-15-9-17(20)12-23(10-15,11-16)32-33(4,28)29/h5-7,15-17,20,26H,8-13H2,1-4H3,(H,25,27). The maximum atomic E-state index is 13.0. The van der Waals surface area contributed by atoms with Crippen LogP contribution < -0.4 is 10.0 Å². The van der Waals surface area contributed by atoms with E-state index in [1.165, 1.54) is 6.07 Å². The lowest BCUT2D eigenvalue weighted by atomic mass is 9.52. The summed E-state index contributed by atoms with van der Waals surface area (Å²) < 4.78 is 57.9. The summed E-state index contributed by atoms with van der Waals surface area (Å²) in [6.45, 7) is 5.01. The molecule has 5 rings (SSSR count). The lowest BCUT2D eigenvalue weighted by molar-refractivity contribution is -0.137. The van der Waals surface area contributed by atoms with Gasteiger partial charge in [-0.05, 0) is 82.3 Å². The lowest BCUT2D eigenvalue weighted by Crippen LogP contribution is -2.63. The van der Waals surface area contributed by atoms with Crippen LogP contribution in [0.4, 0.5) is 0 Å². The highest BCUT2D eigenvalue weighted by Crippen LogP contribution is 2.57. The minimum atomic E-state index is -3.94. The summed E-state index contributed by atoms with van der Waals surface area (Å²) in [6.07, 6.45) is 4.91. The number of rotatable bonds is 8. The molecule has 4 aliphatic carbocycles. The van der Waals surface area contributed by atoms with Crippen LogP contribution in [0.1, 0.15) is 57.9 Å². The van der Waals surface area contributed by atoms with Crippen molar-refractivity contribution >= 4 is 37.6 Å². The van der Waals surface area contributed by atoms with Crippen LogP contribution in [-0.2, 0) is 29.1 Å². The molecule has 4 fully saturated rings. The van der Waals surface area contributed by atoms with E-state index in [1.807, 2.05) is 0 Å². The van der Waals surface area contributed by atoms with Gasteiger partial charge >= 0.3 is 0 Å². The smallest absolute Gasteiger partial charge is 0.264 e. The van der Waals surface area contributed by atoms with Crippen LogP contribution in [0.15, 0.2) is 23.1 Å². The van der Waals surface area contributed by atoms with Gasteiger partial charge in [-0.25, -0.2) is 13.1 Å². The number of hydrogen-bond acceptors (Lipinski definition) is 6. The molecular weight excluding hydrogens is 500 g/mol. The summed E-state index contributed by atoms with van der Waals surface area (Å²) in [4.78, 5) is 13.0. The Morgan fingerprint density at radius 2 is 1.76 bits per heavy atom. The molecule has 0 heterocycles. The van der Waals surface area contributed by atoms with Gasteiger partial charge in [0.15, 0.2) is 0 Å². The van der Waals surface area contributed by atoms with E-state index in [0.717, 1.165) is 25.5 Å². The Kier molecular flexibility index (Phi) is 6.64. The zero-order chi connectivity index (χ0) is 25.1. The maximum Gasteiger partial charge on any atom is 0.264 e. The fourth-order valence-corrected chi connectivity index (χ4v) is 9.75. The minimum absolute atomic E-state index is 0.0161. The van der Waals surface area contributed by atoms with Crippen molar-refractivity contribution in [1.29, 1.82) is 0 Å². The predicted octanol–water partition coefficient (Wildman–Crippen LogP) is 3.14. The average Bonchev–Trinajstić information content (AvgIpc) is 2.60. The van der Waals surface area contributed by atoms with E-state index in [2.05, 4.69) is 10.0 Å². The minimum Gasteiger partial charge on any atom is -0.353 e. The molecule has 4 bridgehead atoms. The third-order valence-corrected chi connectivity index (χ3v) is 10.3. The second-order valence-electron chi connectivity index (χ2n) is 11.1. The van der Waals surface area contributed by atoms with Crippen LogP contribution in [0.3, 0.4) is 0 Å². The molecule has 0 saturated heterocycles. The summed E-state index contributed by atoms with van der Waals surface area (Å²) in [5.41, 5.74) is -1.16. The summed E-state index contributed by atoms with van der Waals surface area (Å²) in [6, 6.07) is 4.83. The second-order valence-corrected chi connectivity index (χ2v) is 14.7. The van der Waals surface area contributed by atoms with Crippen molar-refractivity contribution in [3.63, 3.8) is 0 Å². The molecule has 1 aromatic carbocycles. The van der Waals surface area contributed by atoms with Crippen molar-refractivity contribution in [3.8, 4) is 0 Å². The van der Waals surface area contributed by atoms with E-state index in [0.29, 0.717) is 24.3 Å². The van der Waals surface area contributed by atoms with Crippen molar-refractivity contribution in [2.75, 3.05) is 6.26 Å². The van der Waals surface area contributed by atoms with Gasteiger partial charge in [-0.2, -0.15) is 8.42 Å². The van der Waals surface area contributed by atoms with Crippen molar-refractivity contribution < 1.29 is 25.8 Å². The first-order valence-corrected chi connectivity index (χ1v) is 15.2. The molecule has 190 valence electrons. The van der Waals surface area contributed by atoms with Gasteiger partial charge in [0.2, 0.25) is 15.9 Å². The Morgan fingerprint density at radius 3 is 2.32 bits per heavy atom. The highest BCUT2D eigenvalue weighted by molar-refractivity contribution is 7.89. The van der Waals surface area contributed by atoms with Gasteiger partial charge in [0.05, 0.1) is 16.9 Å². The number of aryl methyl sites for hydroxylation is 1. The zero-order valence-corrected chi connectivity index (χ0v) is 22.3. The van der Waals surface area contributed by atoms with Gasteiger partial charge in [0.1, 0.15) is 4.90 Å². The highest BCUT2D eigenvalue weighted by atomic mass is 35.5. The molecule has 0 aromatic heterocycles. The van der Waals surface area contributed by atoms with Gasteiger partial charge in [-0.15, -0.1) is 0 Å². The largest absolute Gasteiger partial charge is 0.353 e. The van der Waals surface area contributed by atoms with E-state index in [9.17, 15) is 21.6 Å². The normalized spacial score (nSPS) is 31.0. The molecule has 0 spiro atoms. The summed E-state index contributed by atoms with van der Waals surface area (Å²) in [5.74, 6) is 0.485. The van der Waals surface area contributed by atoms with Gasteiger partial charge in [-0.1, -0.05) is 23.7 Å². The molecule has 2 unspecified atom stereocenters. The van der Waals surface area contributed by atoms with Crippen LogP contribution in [-0.4, -0.2) is 46.2 Å². The molecule has 8 nitrogen and oxygen atoms in total. The van der Waals surface area contributed by atoms with Gasteiger partial charge in [0.25, 0.3) is 10.1 Å². The molecule has 0 radical (unpaired) electrons. The van der Waals surface area contributed by atoms with Crippen molar-refractivity contribution in [2.45, 2.75) is 81.4 Å². The molecule has 2 N–H and O–H groups in total. The number of sulfonamides is 1. The molecule has 4 saturated carbocycles. The Hall–Kier alpha value is -1.20. The Balaban J connectivity index is 1.42. The number of benzene rings is 1. The quantitative estimate of drug-likeness (QED) is 0.496. The third kappa shape index (κ3) is 5.46. The highest BCUT2D eigenvalue weighted by Gasteiger charge is 2.57. The topological polar surface area (TPSA) is 119 Å². The molecule has 11 heteroatoms. The fraction of sp³-hybridized carbons (Fsp3) is 0.696. The van der Waals surface area contributed by atoms with Crippen molar-refractivity contribution in [3.05, 3.63) is 28.8 Å². The average molecular weight is 533 g/mol. The molecule has 1 aromatic rings. The SMILES string of the molecule is Cc1cccc(Cl)c1S(=O)(=O)NC(C)(C)CC(=O)NC1C2CC3CC1CC(OS(C)(=O)=O)(C3)C2. The Morgan fingerprint density at radius 1 is 1.15 bits per heavy atom. The number of hydrogen-bond donors (Lipinski definition) is 2. The second kappa shape index (κ2) is 8.73. The predicted molar refractivity (Wildman–Crippen MR) is 129 cm³/mol. The fourth-order valence-electron chi connectivity index (χ4n) is 6.65. The van der Waals surface area contributed by atoms with Crippen LogP contribution in [0.2, 0.25) is 5.02 Å². The van der Waals surface area contributed by atoms with Crippen molar-refractivity contribution in [2.24, 2.45) is 17.8 Å². The molecule has 2 atom stereocenters. The Bertz CT molecular complexity index is 1160. The van der Waals surface area contributed by atoms with Crippen molar-refractivity contribution in [1.82, 2.24) is 10.0 Å². The number of carbonyl (C=O) groups excluding carboxylic acids is 1. The third-order valence-electron chi connectivity index (χ3n) is 7.32. The summed E-state index contributed by atoms with van der Waals surface area (Å²) in [7, 11) is -7.50. The van der Waals surface area contributed by atoms with E-state index in [4.69, 9.17) is 15.8 Å². The van der Waals surface area contributed by atoms with Crippen LogP contribution in [0.5, 0.6) is 0 Å². The van der Waals surface area contributed by atoms with E-state index in [-0.39, 0.29) is 40.1 Å². The first kappa shape index (κ1) is 25.9. The molecule has 1 amide bonds. The van der Waals surface area contributed by atoms with Gasteiger partial charge < -0.3 is 5.32 Å². The van der Waals surface area contributed by atoms with E-state index in [1.54, 1.807) is 32.9 Å². The summed E-state index contributed by atoms with van der Waals surface area (Å²) >= 11 is 6.15. The van der Waals surface area contributed by atoms with Crippen LogP contribution in [0, 0.1) is 24.7 Å². The number of amides is 1. The van der Waals surface area contributed by atoms with Crippen LogP contribution >= 0.6 is 11.6 Å². The number of nitrogens with one attached hydrogen (secondary N) is 2. The number of carbonyl (C=O) groups is 1. The molecule has 4 aliphatic rings. The van der Waals surface area contributed by atoms with E-state index < -0.39 is 31.3 Å². The zero-order valence-electron chi connectivity index (χ0n) is 19.9. The monoisotopic (exact) mass is 532 g/mol. The lowest BCUT2D eigenvalue weighted by Gasteiger charge is -2.59. The first-order chi connectivity index (χ1) is 15.6. The Labute approximate surface area is 207 Å².